The maximum absolute atomic E-state index is 12.1. The largest absolute Gasteiger partial charge is 0.394 e. The van der Waals surface area contributed by atoms with Crippen LogP contribution < -0.4 is 10.2 Å². The second-order valence-corrected chi connectivity index (χ2v) is 5.71. The lowest BCUT2D eigenvalue weighted by Crippen LogP contribution is -2.52. The Morgan fingerprint density at radius 3 is 2.86 bits per heavy atom. The summed E-state index contributed by atoms with van der Waals surface area (Å²) in [4.78, 5) is 16.0. The van der Waals surface area contributed by atoms with Crippen LogP contribution in [0.4, 0.5) is 10.5 Å². The molecule has 0 aromatic heterocycles. The van der Waals surface area contributed by atoms with Gasteiger partial charge < -0.3 is 20.2 Å². The number of aliphatic hydroxyl groups excluding tert-OH is 1. The Hall–Kier alpha value is -1.75. The number of amides is 2. The van der Waals surface area contributed by atoms with Gasteiger partial charge in [-0.1, -0.05) is 18.2 Å². The molecule has 2 atom stereocenters. The molecule has 0 bridgehead atoms. The van der Waals surface area contributed by atoms with E-state index in [0.29, 0.717) is 0 Å². The molecule has 5 heteroatoms. The molecule has 2 unspecified atom stereocenters. The summed E-state index contributed by atoms with van der Waals surface area (Å²) >= 11 is 0. The van der Waals surface area contributed by atoms with E-state index in [1.54, 1.807) is 11.9 Å². The van der Waals surface area contributed by atoms with Crippen molar-refractivity contribution in [3.8, 4) is 0 Å². The molecule has 1 aliphatic heterocycles. The number of anilines is 1. The van der Waals surface area contributed by atoms with Crippen LogP contribution in [0, 0.1) is 0 Å². The molecule has 0 aliphatic carbocycles. The number of para-hydroxylation sites is 1. The lowest BCUT2D eigenvalue weighted by atomic mass is 10.0. The monoisotopic (exact) mass is 291 g/mol. The minimum absolute atomic E-state index is 0.0231. The molecule has 0 saturated carbocycles. The smallest absolute Gasteiger partial charge is 0.317 e. The van der Waals surface area contributed by atoms with Crippen molar-refractivity contribution in [3.63, 3.8) is 0 Å². The highest BCUT2D eigenvalue weighted by Gasteiger charge is 2.23. The zero-order valence-electron chi connectivity index (χ0n) is 12.8. The van der Waals surface area contributed by atoms with Crippen molar-refractivity contribution in [1.29, 1.82) is 0 Å². The van der Waals surface area contributed by atoms with Gasteiger partial charge in [0.25, 0.3) is 0 Å². The first-order valence-electron chi connectivity index (χ1n) is 7.56. The normalized spacial score (nSPS) is 20.0. The van der Waals surface area contributed by atoms with Crippen LogP contribution in [0.1, 0.15) is 19.8 Å². The Morgan fingerprint density at radius 2 is 2.19 bits per heavy atom. The topological polar surface area (TPSA) is 55.8 Å². The summed E-state index contributed by atoms with van der Waals surface area (Å²) in [6, 6.07) is 10.2. The van der Waals surface area contributed by atoms with Gasteiger partial charge in [-0.2, -0.15) is 0 Å². The number of carbonyl (C=O) groups excluding carboxylic acids is 1. The first kappa shape index (κ1) is 15.6. The summed E-state index contributed by atoms with van der Waals surface area (Å²) in [5.41, 5.74) is 1.20. The molecule has 1 aromatic rings. The van der Waals surface area contributed by atoms with Crippen LogP contribution >= 0.6 is 0 Å². The summed E-state index contributed by atoms with van der Waals surface area (Å²) in [5, 5.41) is 12.2. The number of piperidine rings is 1. The fourth-order valence-electron chi connectivity index (χ4n) is 2.57. The molecule has 1 aromatic carbocycles. The van der Waals surface area contributed by atoms with E-state index in [9.17, 15) is 4.79 Å². The molecule has 116 valence electrons. The Morgan fingerprint density at radius 1 is 1.48 bits per heavy atom. The fourth-order valence-corrected chi connectivity index (χ4v) is 2.57. The zero-order chi connectivity index (χ0) is 15.2. The molecule has 1 fully saturated rings. The third kappa shape index (κ3) is 4.11. The number of nitrogens with one attached hydrogen (secondary N) is 1. The van der Waals surface area contributed by atoms with Crippen molar-refractivity contribution >= 4 is 11.7 Å². The van der Waals surface area contributed by atoms with Gasteiger partial charge in [-0.05, 0) is 31.9 Å². The van der Waals surface area contributed by atoms with Gasteiger partial charge in [0.05, 0.1) is 12.6 Å². The van der Waals surface area contributed by atoms with Crippen LogP contribution in [0.25, 0.3) is 0 Å². The van der Waals surface area contributed by atoms with Crippen LogP contribution in [-0.4, -0.2) is 54.9 Å². The maximum atomic E-state index is 12.1. The molecule has 21 heavy (non-hydrogen) atoms. The number of likely N-dealkylation sites (N-methyl/N-ethyl adjacent to an activating group) is 1. The quantitative estimate of drug-likeness (QED) is 0.887. The standard InChI is InChI=1S/C16H25N3O2/c1-13(12-20)18(2)16(21)17-14-7-6-10-19(11-14)15-8-4-3-5-9-15/h3-5,8-9,13-14,20H,6-7,10-12H2,1-2H3,(H,17,21). The van der Waals surface area contributed by atoms with Crippen LogP contribution in [0.3, 0.4) is 0 Å². The summed E-state index contributed by atoms with van der Waals surface area (Å²) in [5.74, 6) is 0. The molecular weight excluding hydrogens is 266 g/mol. The minimum Gasteiger partial charge on any atom is -0.394 e. The van der Waals surface area contributed by atoms with Gasteiger partial charge in [-0.25, -0.2) is 4.79 Å². The molecule has 5 nitrogen and oxygen atoms in total. The number of hydrogen-bond donors (Lipinski definition) is 2. The molecule has 1 saturated heterocycles. The van der Waals surface area contributed by atoms with E-state index in [1.807, 2.05) is 25.1 Å². The van der Waals surface area contributed by atoms with Gasteiger partial charge in [-0.15, -0.1) is 0 Å². The molecule has 2 rings (SSSR count). The molecule has 1 aliphatic rings. The Balaban J connectivity index is 1.91. The van der Waals surface area contributed by atoms with Crippen molar-refractivity contribution in [2.45, 2.75) is 31.8 Å². The maximum Gasteiger partial charge on any atom is 0.317 e. The summed E-state index contributed by atoms with van der Waals surface area (Å²) < 4.78 is 0. The SMILES string of the molecule is CC(CO)N(C)C(=O)NC1CCCN(c2ccccc2)C1. The van der Waals surface area contributed by atoms with Crippen LogP contribution in [0.15, 0.2) is 30.3 Å². The fraction of sp³-hybridized carbons (Fsp3) is 0.562. The van der Waals surface area contributed by atoms with E-state index in [0.717, 1.165) is 25.9 Å². The first-order chi connectivity index (χ1) is 10.1. The third-order valence-electron chi connectivity index (χ3n) is 4.12. The highest BCUT2D eigenvalue weighted by atomic mass is 16.3. The number of nitrogens with zero attached hydrogens (tertiary/aromatic N) is 2. The predicted octanol–water partition coefficient (Wildman–Crippen LogP) is 1.68. The van der Waals surface area contributed by atoms with E-state index in [-0.39, 0.29) is 24.7 Å². The lowest BCUT2D eigenvalue weighted by Gasteiger charge is -2.36. The Labute approximate surface area is 126 Å². The second-order valence-electron chi connectivity index (χ2n) is 5.71. The van der Waals surface area contributed by atoms with Crippen molar-refractivity contribution < 1.29 is 9.90 Å². The van der Waals surface area contributed by atoms with E-state index < -0.39 is 0 Å². The Bertz CT molecular complexity index is 452. The van der Waals surface area contributed by atoms with Crippen molar-refractivity contribution in [2.24, 2.45) is 0 Å². The molecular formula is C16H25N3O2. The van der Waals surface area contributed by atoms with E-state index in [4.69, 9.17) is 5.11 Å². The highest BCUT2D eigenvalue weighted by molar-refractivity contribution is 5.74. The molecule has 0 spiro atoms. The molecule has 0 radical (unpaired) electrons. The molecule has 2 N–H and O–H groups in total. The zero-order valence-corrected chi connectivity index (χ0v) is 12.8. The molecule has 1 heterocycles. The van der Waals surface area contributed by atoms with E-state index in [1.165, 1.54) is 5.69 Å². The van der Waals surface area contributed by atoms with Gasteiger partial charge in [0, 0.05) is 31.9 Å². The van der Waals surface area contributed by atoms with Gasteiger partial charge in [0.2, 0.25) is 0 Å². The minimum atomic E-state index is -0.168. The van der Waals surface area contributed by atoms with Crippen LogP contribution in [-0.2, 0) is 0 Å². The summed E-state index contributed by atoms with van der Waals surface area (Å²) in [6.45, 7) is 3.66. The van der Waals surface area contributed by atoms with Crippen molar-refractivity contribution in [2.75, 3.05) is 31.6 Å². The average Bonchev–Trinajstić information content (AvgIpc) is 2.54. The number of rotatable bonds is 4. The summed E-state index contributed by atoms with van der Waals surface area (Å²) in [6.07, 6.45) is 2.07. The number of urea groups is 1. The van der Waals surface area contributed by atoms with Crippen LogP contribution in [0.5, 0.6) is 0 Å². The van der Waals surface area contributed by atoms with Crippen molar-refractivity contribution in [3.05, 3.63) is 30.3 Å². The van der Waals surface area contributed by atoms with Gasteiger partial charge in [0.15, 0.2) is 0 Å². The average molecular weight is 291 g/mol. The highest BCUT2D eigenvalue weighted by Crippen LogP contribution is 2.19. The third-order valence-corrected chi connectivity index (χ3v) is 4.12. The van der Waals surface area contributed by atoms with Gasteiger partial charge in [0.1, 0.15) is 0 Å². The van der Waals surface area contributed by atoms with Gasteiger partial charge >= 0.3 is 6.03 Å². The van der Waals surface area contributed by atoms with E-state index >= 15 is 0 Å². The van der Waals surface area contributed by atoms with Gasteiger partial charge in [-0.3, -0.25) is 0 Å². The van der Waals surface area contributed by atoms with E-state index in [2.05, 4.69) is 22.3 Å². The Kier molecular flexibility index (Phi) is 5.44. The number of aliphatic hydroxyl groups is 1. The lowest BCUT2D eigenvalue weighted by molar-refractivity contribution is 0.154. The number of carbonyl (C=O) groups is 1. The number of benzene rings is 1. The summed E-state index contributed by atoms with van der Waals surface area (Å²) in [7, 11) is 1.72. The number of hydrogen-bond acceptors (Lipinski definition) is 3. The second kappa shape index (κ2) is 7.31. The molecule has 2 amide bonds. The van der Waals surface area contributed by atoms with Crippen LogP contribution in [0.2, 0.25) is 0 Å². The van der Waals surface area contributed by atoms with Crippen molar-refractivity contribution in [1.82, 2.24) is 10.2 Å². The predicted molar refractivity (Wildman–Crippen MR) is 84.5 cm³/mol. The first-order valence-corrected chi connectivity index (χ1v) is 7.56.